The lowest BCUT2D eigenvalue weighted by Gasteiger charge is -2.14. The highest BCUT2D eigenvalue weighted by atomic mass is 32.1. The first kappa shape index (κ1) is 16.9. The van der Waals surface area contributed by atoms with Crippen LogP contribution in [0, 0.1) is 0 Å². The first-order chi connectivity index (χ1) is 12.1. The first-order valence-electron chi connectivity index (χ1n) is 7.31. The molecular formula is C16H15N3O5S. The number of nitrogens with one attached hydrogen (secondary N) is 2. The number of para-hydroxylation sites is 1. The van der Waals surface area contributed by atoms with Gasteiger partial charge in [-0.2, -0.15) is 0 Å². The van der Waals surface area contributed by atoms with Gasteiger partial charge in [-0.05, 0) is 12.1 Å². The number of anilines is 1. The van der Waals surface area contributed by atoms with E-state index < -0.39 is 24.5 Å². The van der Waals surface area contributed by atoms with E-state index in [1.165, 1.54) is 24.6 Å². The van der Waals surface area contributed by atoms with Gasteiger partial charge in [0.25, 0.3) is 11.8 Å². The fraction of sp³-hybridized carbons (Fsp3) is 0.188. The molecule has 130 valence electrons. The summed E-state index contributed by atoms with van der Waals surface area (Å²) in [5, 5.41) is 17.1. The molecule has 25 heavy (non-hydrogen) atoms. The van der Waals surface area contributed by atoms with Gasteiger partial charge in [0.2, 0.25) is 0 Å². The standard InChI is InChI=1S/C16H15N3O5S/c1-23-11-4-2-3-9-7-12(24-13(9)11)15(22)18-10(8-20)14(21)19-16-17-5-6-25-16/h2-7,10,20H,8H2,1H3,(H,18,22)(H,17,19,21)/t10-/m0/s1. The van der Waals surface area contributed by atoms with E-state index in [4.69, 9.17) is 9.15 Å². The van der Waals surface area contributed by atoms with Crippen LogP contribution in [0.25, 0.3) is 11.0 Å². The number of nitrogens with zero attached hydrogens (tertiary/aromatic N) is 1. The zero-order valence-corrected chi connectivity index (χ0v) is 14.0. The van der Waals surface area contributed by atoms with Gasteiger partial charge >= 0.3 is 0 Å². The molecule has 0 bridgehead atoms. The summed E-state index contributed by atoms with van der Waals surface area (Å²) in [6, 6.07) is 5.67. The van der Waals surface area contributed by atoms with Crippen molar-refractivity contribution < 1.29 is 23.8 Å². The third-order valence-corrected chi connectivity index (χ3v) is 4.11. The Hall–Kier alpha value is -2.91. The van der Waals surface area contributed by atoms with Crippen molar-refractivity contribution in [1.82, 2.24) is 10.3 Å². The molecule has 0 saturated heterocycles. The number of fused-ring (bicyclic) bond motifs is 1. The summed E-state index contributed by atoms with van der Waals surface area (Å²) in [6.07, 6.45) is 1.54. The Labute approximate surface area is 146 Å². The third-order valence-electron chi connectivity index (χ3n) is 3.42. The Morgan fingerprint density at radius 2 is 2.28 bits per heavy atom. The predicted molar refractivity (Wildman–Crippen MR) is 91.8 cm³/mol. The largest absolute Gasteiger partial charge is 0.493 e. The summed E-state index contributed by atoms with van der Waals surface area (Å²) in [6.45, 7) is -0.563. The van der Waals surface area contributed by atoms with Crippen LogP contribution in [-0.4, -0.2) is 41.7 Å². The van der Waals surface area contributed by atoms with Crippen LogP contribution in [0.4, 0.5) is 5.13 Å². The molecule has 0 fully saturated rings. The molecule has 1 atom stereocenters. The Morgan fingerprint density at radius 3 is 2.96 bits per heavy atom. The SMILES string of the molecule is COc1cccc2cc(C(=O)N[C@@H](CO)C(=O)Nc3nccs3)oc12. The zero-order chi connectivity index (χ0) is 17.8. The number of hydrogen-bond acceptors (Lipinski definition) is 7. The maximum Gasteiger partial charge on any atom is 0.287 e. The van der Waals surface area contributed by atoms with Crippen LogP contribution in [0.5, 0.6) is 5.75 Å². The molecule has 3 N–H and O–H groups in total. The number of carbonyl (C=O) groups is 2. The second-order valence-electron chi connectivity index (χ2n) is 5.02. The molecule has 2 heterocycles. The maximum absolute atomic E-state index is 12.3. The first-order valence-corrected chi connectivity index (χ1v) is 8.19. The van der Waals surface area contributed by atoms with Gasteiger partial charge in [0, 0.05) is 17.0 Å². The van der Waals surface area contributed by atoms with Gasteiger partial charge in [-0.15, -0.1) is 11.3 Å². The van der Waals surface area contributed by atoms with Crippen molar-refractivity contribution in [2.75, 3.05) is 19.0 Å². The molecule has 2 aromatic heterocycles. The number of carbonyl (C=O) groups excluding carboxylic acids is 2. The Kier molecular flexibility index (Phi) is 4.96. The summed E-state index contributed by atoms with van der Waals surface area (Å²) in [7, 11) is 1.50. The molecule has 1 aromatic carbocycles. The second-order valence-corrected chi connectivity index (χ2v) is 5.92. The van der Waals surface area contributed by atoms with Gasteiger partial charge < -0.3 is 24.9 Å². The van der Waals surface area contributed by atoms with Gasteiger partial charge in [0.1, 0.15) is 6.04 Å². The number of aliphatic hydroxyl groups is 1. The average molecular weight is 361 g/mol. The van der Waals surface area contributed by atoms with Gasteiger partial charge in [-0.1, -0.05) is 12.1 Å². The van der Waals surface area contributed by atoms with E-state index in [0.717, 1.165) is 0 Å². The molecule has 9 heteroatoms. The number of aromatic nitrogens is 1. The van der Waals surface area contributed by atoms with Crippen LogP contribution >= 0.6 is 11.3 Å². The normalized spacial score (nSPS) is 11.9. The van der Waals surface area contributed by atoms with E-state index in [0.29, 0.717) is 21.9 Å². The smallest absolute Gasteiger partial charge is 0.287 e. The van der Waals surface area contributed by atoms with Crippen LogP contribution in [0.15, 0.2) is 40.3 Å². The van der Waals surface area contributed by atoms with Crippen molar-refractivity contribution in [3.8, 4) is 5.75 Å². The molecule has 3 aromatic rings. The van der Waals surface area contributed by atoms with E-state index in [1.54, 1.807) is 29.6 Å². The van der Waals surface area contributed by atoms with E-state index >= 15 is 0 Å². The van der Waals surface area contributed by atoms with Crippen molar-refractivity contribution in [3.05, 3.63) is 41.6 Å². The Morgan fingerprint density at radius 1 is 1.44 bits per heavy atom. The minimum absolute atomic E-state index is 0.0139. The molecule has 3 rings (SSSR count). The third kappa shape index (κ3) is 3.62. The molecule has 0 saturated carbocycles. The number of hydrogen-bond donors (Lipinski definition) is 3. The molecular weight excluding hydrogens is 346 g/mol. The lowest BCUT2D eigenvalue weighted by atomic mass is 10.2. The van der Waals surface area contributed by atoms with E-state index in [9.17, 15) is 14.7 Å². The quantitative estimate of drug-likeness (QED) is 0.615. The fourth-order valence-electron chi connectivity index (χ4n) is 2.21. The molecule has 0 unspecified atom stereocenters. The highest BCUT2D eigenvalue weighted by Gasteiger charge is 2.23. The molecule has 0 spiro atoms. The van der Waals surface area contributed by atoms with Crippen LogP contribution < -0.4 is 15.4 Å². The Balaban J connectivity index is 1.74. The summed E-state index contributed by atoms with van der Waals surface area (Å²) in [5.74, 6) is -0.678. The molecule has 0 aliphatic rings. The summed E-state index contributed by atoms with van der Waals surface area (Å²) in [5.41, 5.74) is 0.433. The number of methoxy groups -OCH3 is 1. The summed E-state index contributed by atoms with van der Waals surface area (Å²) >= 11 is 1.23. The summed E-state index contributed by atoms with van der Waals surface area (Å²) in [4.78, 5) is 28.4. The molecule has 8 nitrogen and oxygen atoms in total. The number of thiazole rings is 1. The molecule has 0 aliphatic carbocycles. The fourth-order valence-corrected chi connectivity index (χ4v) is 2.74. The number of ether oxygens (including phenoxy) is 1. The van der Waals surface area contributed by atoms with Crippen molar-refractivity contribution in [3.63, 3.8) is 0 Å². The average Bonchev–Trinajstić information content (AvgIpc) is 3.28. The van der Waals surface area contributed by atoms with Crippen LogP contribution in [0.2, 0.25) is 0 Å². The maximum atomic E-state index is 12.3. The van der Waals surface area contributed by atoms with Crippen LogP contribution in [0.1, 0.15) is 10.6 Å². The molecule has 2 amide bonds. The van der Waals surface area contributed by atoms with Crippen LogP contribution in [0.3, 0.4) is 0 Å². The van der Waals surface area contributed by atoms with Crippen molar-refractivity contribution >= 4 is 39.3 Å². The number of amides is 2. The number of furan rings is 1. The van der Waals surface area contributed by atoms with Gasteiger partial charge in [-0.25, -0.2) is 4.98 Å². The lowest BCUT2D eigenvalue weighted by molar-refractivity contribution is -0.118. The monoisotopic (exact) mass is 361 g/mol. The molecule has 0 aliphatic heterocycles. The highest BCUT2D eigenvalue weighted by Crippen LogP contribution is 2.28. The summed E-state index contributed by atoms with van der Waals surface area (Å²) < 4.78 is 10.7. The predicted octanol–water partition coefficient (Wildman–Crippen LogP) is 1.63. The number of benzene rings is 1. The van der Waals surface area contributed by atoms with Crippen molar-refractivity contribution in [2.45, 2.75) is 6.04 Å². The minimum atomic E-state index is -1.13. The van der Waals surface area contributed by atoms with Gasteiger partial charge in [0.05, 0.1) is 13.7 Å². The van der Waals surface area contributed by atoms with Crippen molar-refractivity contribution in [1.29, 1.82) is 0 Å². The van der Waals surface area contributed by atoms with Gasteiger partial charge in [-0.3, -0.25) is 9.59 Å². The van der Waals surface area contributed by atoms with E-state index in [-0.39, 0.29) is 5.76 Å². The minimum Gasteiger partial charge on any atom is -0.493 e. The van der Waals surface area contributed by atoms with E-state index in [2.05, 4.69) is 15.6 Å². The van der Waals surface area contributed by atoms with Gasteiger partial charge in [0.15, 0.2) is 22.2 Å². The van der Waals surface area contributed by atoms with E-state index in [1.807, 2.05) is 0 Å². The number of rotatable bonds is 6. The Bertz CT molecular complexity index is 890. The number of aliphatic hydroxyl groups excluding tert-OH is 1. The second kappa shape index (κ2) is 7.32. The highest BCUT2D eigenvalue weighted by molar-refractivity contribution is 7.13. The topological polar surface area (TPSA) is 114 Å². The lowest BCUT2D eigenvalue weighted by Crippen LogP contribution is -2.46. The van der Waals surface area contributed by atoms with Crippen LogP contribution in [-0.2, 0) is 4.79 Å². The molecule has 0 radical (unpaired) electrons. The van der Waals surface area contributed by atoms with Crippen molar-refractivity contribution in [2.24, 2.45) is 0 Å². The zero-order valence-electron chi connectivity index (χ0n) is 13.2.